The number of ether oxygens (including phenoxy) is 1. The summed E-state index contributed by atoms with van der Waals surface area (Å²) in [6.07, 6.45) is 5.27. The molecule has 0 heterocycles. The molecule has 1 amide bonds. The molecule has 0 bridgehead atoms. The number of benzene rings is 3. The van der Waals surface area contributed by atoms with Gasteiger partial charge in [0.15, 0.2) is 0 Å². The molecule has 8 nitrogen and oxygen atoms in total. The number of rotatable bonds is 13. The fraction of sp³-hybridized carbons (Fsp3) is 0.387. The van der Waals surface area contributed by atoms with Gasteiger partial charge in [0.1, 0.15) is 5.75 Å². The Morgan fingerprint density at radius 1 is 0.951 bits per heavy atom. The van der Waals surface area contributed by atoms with E-state index in [1.165, 1.54) is 0 Å². The first-order valence-electron chi connectivity index (χ1n) is 13.8. The number of amides is 1. The first kappa shape index (κ1) is 32.6. The number of sulfonamides is 1. The van der Waals surface area contributed by atoms with Crippen LogP contribution in [0.1, 0.15) is 59.7 Å². The van der Waals surface area contributed by atoms with Crippen molar-refractivity contribution in [1.82, 2.24) is 10.0 Å². The number of carbonyl (C=O) groups excluding carboxylic acids is 1. The predicted octanol–water partition coefficient (Wildman–Crippen LogP) is 4.40. The Morgan fingerprint density at radius 2 is 1.63 bits per heavy atom. The number of halogens is 1. The molecule has 1 aliphatic rings. The third-order valence-corrected chi connectivity index (χ3v) is 8.30. The first-order valence-corrected chi connectivity index (χ1v) is 15.5. The van der Waals surface area contributed by atoms with Gasteiger partial charge in [-0.05, 0) is 73.0 Å². The molecule has 3 aromatic carbocycles. The minimum absolute atomic E-state index is 0. The third-order valence-electron chi connectivity index (χ3n) is 7.08. The second-order valence-electron chi connectivity index (χ2n) is 10.1. The summed E-state index contributed by atoms with van der Waals surface area (Å²) in [7, 11) is -3.95. The lowest BCUT2D eigenvalue weighted by molar-refractivity contribution is 0.0969. The highest BCUT2D eigenvalue weighted by Gasteiger charge is 2.23. The number of aliphatic hydroxyl groups excluding tert-OH is 2. The van der Waals surface area contributed by atoms with E-state index in [1.807, 2.05) is 59.3 Å². The zero-order valence-electron chi connectivity index (χ0n) is 23.0. The summed E-state index contributed by atoms with van der Waals surface area (Å²) in [5, 5.41) is 22.6. The van der Waals surface area contributed by atoms with Crippen LogP contribution in [0.5, 0.6) is 5.75 Å². The maximum atomic E-state index is 12.9. The fourth-order valence-electron chi connectivity index (χ4n) is 4.85. The standard InChI is InChI=1S/C31H38N2O6S.ClH/c34-19-20-40(37,38)33-31(36)28-16-15-26(21-30(28)39-27-9-5-2-6-10-27)24-13-11-23(12-14-24)17-18-32-22-29(35)25-7-3-1-4-8-25;/h1,3-4,7-8,11-16,21,27,29,32,34-35H,2,5-6,9-10,17-20,22H2,(H,33,36);1H/t29-;/m1./s1. The van der Waals surface area contributed by atoms with Crippen molar-refractivity contribution in [1.29, 1.82) is 0 Å². The molecule has 1 fully saturated rings. The van der Waals surface area contributed by atoms with Crippen molar-refractivity contribution in [3.05, 3.63) is 89.5 Å². The fourth-order valence-corrected chi connectivity index (χ4v) is 5.58. The van der Waals surface area contributed by atoms with Crippen molar-refractivity contribution in [2.24, 2.45) is 0 Å². The van der Waals surface area contributed by atoms with Crippen LogP contribution in [0, 0.1) is 0 Å². The van der Waals surface area contributed by atoms with Gasteiger partial charge in [-0.1, -0.05) is 67.1 Å². The molecule has 0 saturated heterocycles. The number of hydrogen-bond donors (Lipinski definition) is 4. The molecule has 222 valence electrons. The monoisotopic (exact) mass is 602 g/mol. The highest BCUT2D eigenvalue weighted by atomic mass is 35.5. The predicted molar refractivity (Wildman–Crippen MR) is 163 cm³/mol. The van der Waals surface area contributed by atoms with Crippen LogP contribution in [-0.2, 0) is 16.4 Å². The van der Waals surface area contributed by atoms with Gasteiger partial charge in [-0.2, -0.15) is 0 Å². The molecule has 1 atom stereocenters. The molecule has 1 saturated carbocycles. The van der Waals surface area contributed by atoms with E-state index in [-0.39, 0.29) is 24.1 Å². The largest absolute Gasteiger partial charge is 0.490 e. The molecule has 0 radical (unpaired) electrons. The minimum atomic E-state index is -3.95. The highest BCUT2D eigenvalue weighted by Crippen LogP contribution is 2.31. The van der Waals surface area contributed by atoms with Crippen LogP contribution in [-0.4, -0.2) is 56.1 Å². The van der Waals surface area contributed by atoms with Gasteiger partial charge >= 0.3 is 0 Å². The van der Waals surface area contributed by atoms with Crippen LogP contribution in [0.4, 0.5) is 0 Å². The van der Waals surface area contributed by atoms with E-state index in [0.29, 0.717) is 12.3 Å². The van der Waals surface area contributed by atoms with E-state index in [9.17, 15) is 18.3 Å². The van der Waals surface area contributed by atoms with E-state index in [0.717, 1.165) is 67.3 Å². The maximum absolute atomic E-state index is 12.9. The van der Waals surface area contributed by atoms with E-state index in [2.05, 4.69) is 5.32 Å². The van der Waals surface area contributed by atoms with Gasteiger partial charge in [0.25, 0.3) is 5.91 Å². The molecule has 4 N–H and O–H groups in total. The smallest absolute Gasteiger partial charge is 0.268 e. The van der Waals surface area contributed by atoms with Gasteiger partial charge < -0.3 is 20.3 Å². The van der Waals surface area contributed by atoms with Crippen LogP contribution >= 0.6 is 12.4 Å². The number of aliphatic hydroxyl groups is 2. The Labute approximate surface area is 248 Å². The van der Waals surface area contributed by atoms with Crippen LogP contribution in [0.3, 0.4) is 0 Å². The summed E-state index contributed by atoms with van der Waals surface area (Å²) < 4.78 is 32.4. The van der Waals surface area contributed by atoms with Crippen LogP contribution < -0.4 is 14.8 Å². The van der Waals surface area contributed by atoms with Crippen molar-refractivity contribution < 1.29 is 28.2 Å². The average Bonchev–Trinajstić information content (AvgIpc) is 2.96. The molecule has 0 spiro atoms. The molecule has 0 unspecified atom stereocenters. The Morgan fingerprint density at radius 3 is 2.32 bits per heavy atom. The first-order chi connectivity index (χ1) is 19.3. The molecule has 41 heavy (non-hydrogen) atoms. The van der Waals surface area contributed by atoms with Gasteiger partial charge in [0.05, 0.1) is 30.1 Å². The summed E-state index contributed by atoms with van der Waals surface area (Å²) in [4.78, 5) is 12.9. The summed E-state index contributed by atoms with van der Waals surface area (Å²) >= 11 is 0. The summed E-state index contributed by atoms with van der Waals surface area (Å²) in [5.41, 5.74) is 3.99. The van der Waals surface area contributed by atoms with Gasteiger partial charge in [-0.3, -0.25) is 4.79 Å². The summed E-state index contributed by atoms with van der Waals surface area (Å²) in [6, 6.07) is 22.9. The quantitative estimate of drug-likeness (QED) is 0.214. The number of carbonyl (C=O) groups is 1. The van der Waals surface area contributed by atoms with Crippen molar-refractivity contribution in [2.75, 3.05) is 25.4 Å². The third kappa shape index (κ3) is 9.83. The van der Waals surface area contributed by atoms with Crippen molar-refractivity contribution in [2.45, 2.75) is 50.7 Å². The Balaban J connectivity index is 0.00000462. The zero-order chi connectivity index (χ0) is 28.4. The van der Waals surface area contributed by atoms with Crippen molar-refractivity contribution in [3.63, 3.8) is 0 Å². The lowest BCUT2D eigenvalue weighted by Crippen LogP contribution is -2.34. The Kier molecular flexibility index (Phi) is 12.6. The van der Waals surface area contributed by atoms with Crippen molar-refractivity contribution in [3.8, 4) is 16.9 Å². The van der Waals surface area contributed by atoms with Crippen LogP contribution in [0.15, 0.2) is 72.8 Å². The van der Waals surface area contributed by atoms with E-state index < -0.39 is 34.4 Å². The maximum Gasteiger partial charge on any atom is 0.268 e. The molecular weight excluding hydrogens is 564 g/mol. The molecule has 3 aromatic rings. The lowest BCUT2D eigenvalue weighted by atomic mass is 9.97. The van der Waals surface area contributed by atoms with Gasteiger partial charge in [0, 0.05) is 6.54 Å². The van der Waals surface area contributed by atoms with Crippen LogP contribution in [0.2, 0.25) is 0 Å². The van der Waals surface area contributed by atoms with E-state index in [4.69, 9.17) is 9.84 Å². The Hall–Kier alpha value is -2.95. The average molecular weight is 603 g/mol. The number of nitrogens with one attached hydrogen (secondary N) is 2. The highest BCUT2D eigenvalue weighted by molar-refractivity contribution is 7.90. The SMILES string of the molecule is Cl.O=C(NS(=O)(=O)CCO)c1ccc(-c2ccc(CCNC[C@@H](O)c3ccccc3)cc2)cc1OC1CCCCC1. The van der Waals surface area contributed by atoms with Gasteiger partial charge in [-0.25, -0.2) is 13.1 Å². The second kappa shape index (κ2) is 15.9. The molecule has 4 rings (SSSR count). The van der Waals surface area contributed by atoms with Crippen molar-refractivity contribution >= 4 is 28.3 Å². The Bertz CT molecular complexity index is 1350. The molecule has 1 aliphatic carbocycles. The van der Waals surface area contributed by atoms with Gasteiger partial charge in [-0.15, -0.1) is 12.4 Å². The molecule has 10 heteroatoms. The van der Waals surface area contributed by atoms with Crippen LogP contribution in [0.25, 0.3) is 11.1 Å². The summed E-state index contributed by atoms with van der Waals surface area (Å²) in [5.74, 6) is -0.970. The lowest BCUT2D eigenvalue weighted by Gasteiger charge is -2.24. The van der Waals surface area contributed by atoms with E-state index in [1.54, 1.807) is 18.2 Å². The number of hydrogen-bond acceptors (Lipinski definition) is 7. The summed E-state index contributed by atoms with van der Waals surface area (Å²) in [6.45, 7) is 0.632. The van der Waals surface area contributed by atoms with Gasteiger partial charge in [0.2, 0.25) is 10.0 Å². The normalized spacial score (nSPS) is 14.6. The second-order valence-corrected chi connectivity index (χ2v) is 12.0. The molecule has 0 aliphatic heterocycles. The molecular formula is C31H39ClN2O6S. The molecule has 0 aromatic heterocycles. The topological polar surface area (TPSA) is 125 Å². The van der Waals surface area contributed by atoms with E-state index >= 15 is 0 Å². The zero-order valence-corrected chi connectivity index (χ0v) is 24.6. The minimum Gasteiger partial charge on any atom is -0.490 e.